The van der Waals surface area contributed by atoms with E-state index >= 15 is 0 Å². The van der Waals surface area contributed by atoms with E-state index in [1.54, 1.807) is 39.0 Å². The first-order chi connectivity index (χ1) is 20.0. The number of hydrogen-bond donors (Lipinski definition) is 3. The third-order valence-electron chi connectivity index (χ3n) is 6.86. The van der Waals surface area contributed by atoms with Gasteiger partial charge in [-0.2, -0.15) is 0 Å². The van der Waals surface area contributed by atoms with E-state index in [1.807, 2.05) is 13.8 Å². The second-order valence-corrected chi connectivity index (χ2v) is 11.4. The highest BCUT2D eigenvalue weighted by Crippen LogP contribution is 2.33. The zero-order valence-electron chi connectivity index (χ0n) is 25.2. The van der Waals surface area contributed by atoms with Crippen molar-refractivity contribution >= 4 is 17.9 Å². The molecule has 1 aliphatic rings. The van der Waals surface area contributed by atoms with Gasteiger partial charge in [-0.3, -0.25) is 9.59 Å². The SMILES string of the molecule is CCC(CC)(NC(=O)c1cnc(OCC2CC2)c(-c2ccc(F)cc2)c1)C(=O)NCCOCCNC(=O)OC(C)(C)C. The minimum Gasteiger partial charge on any atom is -0.477 e. The minimum absolute atomic E-state index is 0.228. The largest absolute Gasteiger partial charge is 0.477 e. The maximum absolute atomic E-state index is 13.6. The molecule has 10 nitrogen and oxygen atoms in total. The maximum Gasteiger partial charge on any atom is 0.407 e. The fourth-order valence-corrected chi connectivity index (χ4v) is 4.15. The van der Waals surface area contributed by atoms with Gasteiger partial charge in [0.1, 0.15) is 17.0 Å². The van der Waals surface area contributed by atoms with E-state index in [0.29, 0.717) is 42.4 Å². The summed E-state index contributed by atoms with van der Waals surface area (Å²) in [6.07, 6.45) is 3.86. The first kappa shape index (κ1) is 32.8. The van der Waals surface area contributed by atoms with Crippen molar-refractivity contribution < 1.29 is 33.0 Å². The number of carbonyl (C=O) groups excluding carboxylic acids is 3. The van der Waals surface area contributed by atoms with E-state index in [4.69, 9.17) is 14.2 Å². The van der Waals surface area contributed by atoms with E-state index in [0.717, 1.165) is 12.8 Å². The van der Waals surface area contributed by atoms with Crippen LogP contribution in [0.2, 0.25) is 0 Å². The van der Waals surface area contributed by atoms with Crippen molar-refractivity contribution in [2.75, 3.05) is 32.9 Å². The molecule has 2 aromatic rings. The number of halogens is 1. The fraction of sp³-hybridized carbons (Fsp3) is 0.548. The molecule has 1 aromatic carbocycles. The van der Waals surface area contributed by atoms with E-state index in [1.165, 1.54) is 18.3 Å². The monoisotopic (exact) mass is 586 g/mol. The number of benzene rings is 1. The Morgan fingerprint density at radius 1 is 1.00 bits per heavy atom. The number of ether oxygens (including phenoxy) is 3. The molecule has 11 heteroatoms. The Kier molecular flexibility index (Phi) is 11.7. The van der Waals surface area contributed by atoms with Gasteiger partial charge in [-0.1, -0.05) is 26.0 Å². The van der Waals surface area contributed by atoms with Crippen molar-refractivity contribution in [2.24, 2.45) is 5.92 Å². The smallest absolute Gasteiger partial charge is 0.407 e. The van der Waals surface area contributed by atoms with Crippen LogP contribution < -0.4 is 20.7 Å². The molecular formula is C31H43FN4O6. The number of nitrogens with zero attached hydrogens (tertiary/aromatic N) is 1. The number of amides is 3. The summed E-state index contributed by atoms with van der Waals surface area (Å²) >= 11 is 0. The molecule has 3 rings (SSSR count). The van der Waals surface area contributed by atoms with Crippen LogP contribution in [0.1, 0.15) is 70.7 Å². The second kappa shape index (κ2) is 14.9. The van der Waals surface area contributed by atoms with Crippen LogP contribution in [-0.4, -0.2) is 66.9 Å². The summed E-state index contributed by atoms with van der Waals surface area (Å²) in [6, 6.07) is 7.58. The zero-order valence-corrected chi connectivity index (χ0v) is 25.2. The Morgan fingerprint density at radius 2 is 1.64 bits per heavy atom. The molecule has 0 spiro atoms. The van der Waals surface area contributed by atoms with Crippen molar-refractivity contribution in [3.63, 3.8) is 0 Å². The maximum atomic E-state index is 13.6. The molecular weight excluding hydrogens is 543 g/mol. The van der Waals surface area contributed by atoms with Crippen LogP contribution >= 0.6 is 0 Å². The number of pyridine rings is 1. The molecule has 1 heterocycles. The number of carbonyl (C=O) groups is 3. The van der Waals surface area contributed by atoms with Crippen LogP contribution in [0.4, 0.5) is 9.18 Å². The van der Waals surface area contributed by atoms with Crippen LogP contribution in [-0.2, 0) is 14.3 Å². The molecule has 42 heavy (non-hydrogen) atoms. The Balaban J connectivity index is 1.58. The van der Waals surface area contributed by atoms with Gasteiger partial charge in [-0.05, 0) is 76.1 Å². The van der Waals surface area contributed by atoms with Gasteiger partial charge in [0.2, 0.25) is 11.8 Å². The average molecular weight is 587 g/mol. The molecule has 230 valence electrons. The summed E-state index contributed by atoms with van der Waals surface area (Å²) in [5.41, 5.74) is -0.227. The molecule has 0 radical (unpaired) electrons. The standard InChI is InChI=1S/C31H43FN4O6/c1-6-31(7-2,28(38)33-14-16-40-17-15-34-29(39)42-30(3,4)5)36-26(37)23-18-25(22-10-12-24(32)13-11-22)27(35-19-23)41-20-21-8-9-21/h10-13,18-19,21H,6-9,14-17,20H2,1-5H3,(H,33,38)(H,34,39)(H,36,37). The van der Waals surface area contributed by atoms with Gasteiger partial charge in [-0.15, -0.1) is 0 Å². The quantitative estimate of drug-likeness (QED) is 0.260. The molecule has 0 saturated heterocycles. The highest BCUT2D eigenvalue weighted by atomic mass is 19.1. The van der Waals surface area contributed by atoms with Gasteiger partial charge in [-0.25, -0.2) is 14.2 Å². The topological polar surface area (TPSA) is 128 Å². The Labute approximate surface area is 247 Å². The van der Waals surface area contributed by atoms with Crippen LogP contribution in [0.5, 0.6) is 5.88 Å². The number of rotatable bonds is 15. The van der Waals surface area contributed by atoms with Crippen molar-refractivity contribution in [2.45, 2.75) is 71.4 Å². The third kappa shape index (κ3) is 9.97. The Morgan fingerprint density at radius 3 is 2.24 bits per heavy atom. The van der Waals surface area contributed by atoms with Crippen LogP contribution in [0.15, 0.2) is 36.5 Å². The van der Waals surface area contributed by atoms with E-state index in [-0.39, 0.29) is 43.6 Å². The summed E-state index contributed by atoms with van der Waals surface area (Å²) < 4.78 is 30.2. The lowest BCUT2D eigenvalue weighted by molar-refractivity contribution is -0.128. The molecule has 3 amide bonds. The number of nitrogens with one attached hydrogen (secondary N) is 3. The highest BCUT2D eigenvalue weighted by Gasteiger charge is 2.36. The zero-order chi connectivity index (χ0) is 30.8. The minimum atomic E-state index is -1.15. The Bertz CT molecular complexity index is 1210. The van der Waals surface area contributed by atoms with Crippen LogP contribution in [0.25, 0.3) is 11.1 Å². The summed E-state index contributed by atoms with van der Waals surface area (Å²) in [5.74, 6) is -0.273. The van der Waals surface area contributed by atoms with Gasteiger partial charge in [0.25, 0.3) is 5.91 Å². The Hall–Kier alpha value is -3.73. The molecule has 1 aromatic heterocycles. The number of hydrogen-bond acceptors (Lipinski definition) is 7. The second-order valence-electron chi connectivity index (χ2n) is 11.4. The summed E-state index contributed by atoms with van der Waals surface area (Å²) in [5, 5.41) is 8.35. The van der Waals surface area contributed by atoms with E-state index in [9.17, 15) is 18.8 Å². The van der Waals surface area contributed by atoms with Gasteiger partial charge < -0.3 is 30.2 Å². The fourth-order valence-electron chi connectivity index (χ4n) is 4.15. The van der Waals surface area contributed by atoms with Crippen LogP contribution in [0, 0.1) is 11.7 Å². The lowest BCUT2D eigenvalue weighted by Crippen LogP contribution is -2.58. The molecule has 3 N–H and O–H groups in total. The van der Waals surface area contributed by atoms with Crippen molar-refractivity contribution in [1.82, 2.24) is 20.9 Å². The predicted molar refractivity (Wildman–Crippen MR) is 157 cm³/mol. The first-order valence-corrected chi connectivity index (χ1v) is 14.5. The highest BCUT2D eigenvalue weighted by molar-refractivity contribution is 6.00. The predicted octanol–water partition coefficient (Wildman–Crippen LogP) is 4.62. The molecule has 0 unspecified atom stereocenters. The van der Waals surface area contributed by atoms with Gasteiger partial charge in [0, 0.05) is 24.8 Å². The molecule has 0 bridgehead atoms. The van der Waals surface area contributed by atoms with Gasteiger partial charge >= 0.3 is 6.09 Å². The van der Waals surface area contributed by atoms with E-state index < -0.39 is 23.1 Å². The normalized spacial score (nSPS) is 13.3. The lowest BCUT2D eigenvalue weighted by Gasteiger charge is -2.31. The van der Waals surface area contributed by atoms with Crippen molar-refractivity contribution in [1.29, 1.82) is 0 Å². The molecule has 1 saturated carbocycles. The summed E-state index contributed by atoms with van der Waals surface area (Å²) in [6.45, 7) is 10.5. The molecule has 0 atom stereocenters. The van der Waals surface area contributed by atoms with Gasteiger partial charge in [0.05, 0.1) is 25.4 Å². The van der Waals surface area contributed by atoms with Crippen molar-refractivity contribution in [3.8, 4) is 17.0 Å². The van der Waals surface area contributed by atoms with Crippen LogP contribution in [0.3, 0.4) is 0 Å². The molecule has 1 aliphatic carbocycles. The van der Waals surface area contributed by atoms with Crippen molar-refractivity contribution in [3.05, 3.63) is 47.9 Å². The number of aromatic nitrogens is 1. The first-order valence-electron chi connectivity index (χ1n) is 14.5. The molecule has 1 fully saturated rings. The van der Waals surface area contributed by atoms with E-state index in [2.05, 4.69) is 20.9 Å². The van der Waals surface area contributed by atoms with Gasteiger partial charge in [0.15, 0.2) is 0 Å². The molecule has 0 aliphatic heterocycles. The summed E-state index contributed by atoms with van der Waals surface area (Å²) in [7, 11) is 0. The number of alkyl carbamates (subject to hydrolysis) is 1. The average Bonchev–Trinajstić information content (AvgIpc) is 3.78. The third-order valence-corrected chi connectivity index (χ3v) is 6.86. The summed E-state index contributed by atoms with van der Waals surface area (Å²) in [4.78, 5) is 42.7. The lowest BCUT2D eigenvalue weighted by atomic mass is 9.91.